The van der Waals surface area contributed by atoms with E-state index in [1.807, 2.05) is 13.8 Å². The molecule has 1 fully saturated rings. The van der Waals surface area contributed by atoms with Crippen LogP contribution in [-0.2, 0) is 30.6 Å². The van der Waals surface area contributed by atoms with Crippen molar-refractivity contribution in [2.24, 2.45) is 11.7 Å². The fourth-order valence-electron chi connectivity index (χ4n) is 3.91. The molecule has 0 aliphatic carbocycles. The second kappa shape index (κ2) is 14.1. The first-order chi connectivity index (χ1) is 19.0. The Kier molecular flexibility index (Phi) is 11.7. The zero-order valence-corrected chi connectivity index (χ0v) is 24.3. The maximum atomic E-state index is 14.0. The molecule has 2 atom stereocenters. The van der Waals surface area contributed by atoms with Crippen LogP contribution in [0.4, 0.5) is 10.1 Å². The van der Waals surface area contributed by atoms with Gasteiger partial charge in [0.2, 0.25) is 5.91 Å². The minimum Gasteiger partial charge on any atom is -0.396 e. The van der Waals surface area contributed by atoms with E-state index in [2.05, 4.69) is 10.6 Å². The van der Waals surface area contributed by atoms with Crippen LogP contribution in [0.3, 0.4) is 0 Å². The van der Waals surface area contributed by atoms with Crippen molar-refractivity contribution in [1.29, 1.82) is 0 Å². The summed E-state index contributed by atoms with van der Waals surface area (Å²) in [4.78, 5) is 10.9. The van der Waals surface area contributed by atoms with Gasteiger partial charge in [0, 0.05) is 43.8 Å². The van der Waals surface area contributed by atoms with Gasteiger partial charge in [-0.2, -0.15) is 16.8 Å². The van der Waals surface area contributed by atoms with Gasteiger partial charge in [0.1, 0.15) is 5.82 Å². The fraction of sp³-hybridized carbons (Fsp3) is 0.296. The smallest absolute Gasteiger partial charge is 0.294 e. The van der Waals surface area contributed by atoms with E-state index in [9.17, 15) is 31.1 Å². The van der Waals surface area contributed by atoms with E-state index >= 15 is 0 Å². The summed E-state index contributed by atoms with van der Waals surface area (Å²) in [5.41, 5.74) is 8.01. The number of rotatable bonds is 5. The molecule has 1 saturated heterocycles. The molecule has 1 aliphatic heterocycles. The zero-order chi connectivity index (χ0) is 31.0. The molecular formula is C27H34FN3O8S2. The monoisotopic (exact) mass is 611 g/mol. The summed E-state index contributed by atoms with van der Waals surface area (Å²) in [6.07, 6.45) is 0. The summed E-state index contributed by atoms with van der Waals surface area (Å²) in [5.74, 6) is -0.916. The van der Waals surface area contributed by atoms with E-state index in [4.69, 9.17) is 14.8 Å². The molecule has 224 valence electrons. The molecule has 3 aromatic carbocycles. The fourth-order valence-corrected chi connectivity index (χ4v) is 4.87. The first-order valence-corrected chi connectivity index (χ1v) is 15.1. The standard InChI is InChI=1S/C13H18FN3O2.2C7H8O3S/c1-8(19)17-10-2-3-12(14)11(4-10)13(15)7-16-5-9(13)6-18;2*1-6-2-4-7(5-3-6)11(8,9)10/h2-4,9,16,18H,5-7,15H2,1H3,(H,17,19);2*2-5H,1H3,(H,8,9,10)/t9-,13-;;/m0../s1. The van der Waals surface area contributed by atoms with Crippen LogP contribution in [0, 0.1) is 25.6 Å². The van der Waals surface area contributed by atoms with Crippen molar-refractivity contribution in [1.82, 2.24) is 5.32 Å². The van der Waals surface area contributed by atoms with Crippen LogP contribution in [0.15, 0.2) is 76.5 Å². The highest BCUT2D eigenvalue weighted by molar-refractivity contribution is 7.86. The number of aryl methyl sites for hydroxylation is 2. The minimum absolute atomic E-state index is 0.0666. The number of hydrogen-bond acceptors (Lipinski definition) is 8. The number of anilines is 1. The molecule has 0 saturated carbocycles. The molecule has 3 aromatic rings. The highest BCUT2D eigenvalue weighted by atomic mass is 32.2. The van der Waals surface area contributed by atoms with Gasteiger partial charge in [0.15, 0.2) is 0 Å². The topological polar surface area (TPSA) is 196 Å². The van der Waals surface area contributed by atoms with Gasteiger partial charge in [-0.25, -0.2) is 4.39 Å². The van der Waals surface area contributed by atoms with Crippen molar-refractivity contribution in [3.63, 3.8) is 0 Å². The second-order valence-electron chi connectivity index (χ2n) is 9.50. The molecular weight excluding hydrogens is 577 g/mol. The Balaban J connectivity index is 0.000000230. The molecule has 0 radical (unpaired) electrons. The van der Waals surface area contributed by atoms with Gasteiger partial charge in [0.25, 0.3) is 20.2 Å². The number of halogens is 1. The van der Waals surface area contributed by atoms with E-state index in [1.54, 1.807) is 24.3 Å². The van der Waals surface area contributed by atoms with Crippen LogP contribution in [0.25, 0.3) is 0 Å². The van der Waals surface area contributed by atoms with Crippen molar-refractivity contribution in [2.45, 2.75) is 36.1 Å². The van der Waals surface area contributed by atoms with Gasteiger partial charge < -0.3 is 21.5 Å². The second-order valence-corrected chi connectivity index (χ2v) is 12.3. The van der Waals surface area contributed by atoms with Crippen LogP contribution in [0.5, 0.6) is 0 Å². The van der Waals surface area contributed by atoms with E-state index in [0.29, 0.717) is 24.3 Å². The Hall–Kier alpha value is -3.24. The predicted octanol–water partition coefficient (Wildman–Crippen LogP) is 2.63. The average molecular weight is 612 g/mol. The summed E-state index contributed by atoms with van der Waals surface area (Å²) in [6, 6.07) is 16.3. The van der Waals surface area contributed by atoms with Crippen molar-refractivity contribution >= 4 is 31.8 Å². The van der Waals surface area contributed by atoms with Crippen molar-refractivity contribution in [3.05, 3.63) is 89.2 Å². The lowest BCUT2D eigenvalue weighted by Gasteiger charge is -2.30. The normalized spacial score (nSPS) is 18.4. The first kappa shape index (κ1) is 34.0. The number of carbonyl (C=O) groups is 1. The van der Waals surface area contributed by atoms with E-state index in [0.717, 1.165) is 11.1 Å². The number of carbonyl (C=O) groups excluding carboxylic acids is 1. The van der Waals surface area contributed by atoms with Gasteiger partial charge in [-0.1, -0.05) is 35.4 Å². The average Bonchev–Trinajstić information content (AvgIpc) is 3.26. The predicted molar refractivity (Wildman–Crippen MR) is 152 cm³/mol. The maximum Gasteiger partial charge on any atom is 0.294 e. The Morgan fingerprint density at radius 3 is 1.80 bits per heavy atom. The molecule has 41 heavy (non-hydrogen) atoms. The number of aliphatic hydroxyl groups is 1. The molecule has 0 spiro atoms. The van der Waals surface area contributed by atoms with Crippen molar-refractivity contribution in [3.8, 4) is 0 Å². The molecule has 7 N–H and O–H groups in total. The van der Waals surface area contributed by atoms with Gasteiger partial charge in [-0.05, 0) is 56.3 Å². The molecule has 1 amide bonds. The third-order valence-electron chi connectivity index (χ3n) is 6.18. The summed E-state index contributed by atoms with van der Waals surface area (Å²) in [6.45, 7) is 5.87. The van der Waals surface area contributed by atoms with E-state index in [1.165, 1.54) is 49.4 Å². The molecule has 1 aliphatic rings. The number of hydrogen-bond donors (Lipinski definition) is 6. The van der Waals surface area contributed by atoms with Gasteiger partial charge in [-0.3, -0.25) is 13.9 Å². The minimum atomic E-state index is -4.02. The zero-order valence-electron chi connectivity index (χ0n) is 22.7. The Labute approximate surface area is 239 Å². The number of amides is 1. The van der Waals surface area contributed by atoms with Gasteiger partial charge in [0.05, 0.1) is 15.3 Å². The summed E-state index contributed by atoms with van der Waals surface area (Å²) in [5, 5.41) is 15.0. The lowest BCUT2D eigenvalue weighted by molar-refractivity contribution is -0.114. The molecule has 0 bridgehead atoms. The number of nitrogens with one attached hydrogen (secondary N) is 2. The summed E-state index contributed by atoms with van der Waals surface area (Å²) >= 11 is 0. The maximum absolute atomic E-state index is 14.0. The van der Waals surface area contributed by atoms with E-state index < -0.39 is 31.6 Å². The molecule has 0 unspecified atom stereocenters. The highest BCUT2D eigenvalue weighted by Gasteiger charge is 2.42. The quantitative estimate of drug-likeness (QED) is 0.233. The number of benzene rings is 3. The number of aliphatic hydroxyl groups excluding tert-OH is 1. The summed E-state index contributed by atoms with van der Waals surface area (Å²) < 4.78 is 73.1. The molecule has 14 heteroatoms. The van der Waals surface area contributed by atoms with Crippen molar-refractivity contribution in [2.75, 3.05) is 25.0 Å². The first-order valence-electron chi connectivity index (χ1n) is 12.2. The molecule has 4 rings (SSSR count). The molecule has 1 heterocycles. The summed E-state index contributed by atoms with van der Waals surface area (Å²) in [7, 11) is -8.04. The Morgan fingerprint density at radius 1 is 0.951 bits per heavy atom. The van der Waals surface area contributed by atoms with Crippen LogP contribution < -0.4 is 16.4 Å². The lowest BCUT2D eigenvalue weighted by Crippen LogP contribution is -2.46. The van der Waals surface area contributed by atoms with Gasteiger partial charge >= 0.3 is 0 Å². The van der Waals surface area contributed by atoms with Crippen LogP contribution in [-0.4, -0.2) is 56.7 Å². The third kappa shape index (κ3) is 9.97. The van der Waals surface area contributed by atoms with Crippen LogP contribution in [0.2, 0.25) is 0 Å². The highest BCUT2D eigenvalue weighted by Crippen LogP contribution is 2.33. The Morgan fingerprint density at radius 2 is 1.41 bits per heavy atom. The Bertz CT molecular complexity index is 1470. The van der Waals surface area contributed by atoms with Crippen LogP contribution >= 0.6 is 0 Å². The number of nitrogens with two attached hydrogens (primary N) is 1. The lowest BCUT2D eigenvalue weighted by atomic mass is 9.81. The van der Waals surface area contributed by atoms with Gasteiger partial charge in [-0.15, -0.1) is 0 Å². The SMILES string of the molecule is CC(=O)Nc1ccc(F)c([C@]2(N)CNC[C@H]2CO)c1.Cc1ccc(S(=O)(=O)O)cc1.Cc1ccc(S(=O)(=O)O)cc1. The molecule has 0 aromatic heterocycles. The van der Waals surface area contributed by atoms with E-state index in [-0.39, 0.29) is 28.2 Å². The third-order valence-corrected chi connectivity index (χ3v) is 7.92. The van der Waals surface area contributed by atoms with Crippen molar-refractivity contribution < 1.29 is 40.2 Å². The largest absolute Gasteiger partial charge is 0.396 e. The van der Waals surface area contributed by atoms with Crippen LogP contribution in [0.1, 0.15) is 23.6 Å². The molecule has 11 nitrogen and oxygen atoms in total.